The van der Waals surface area contributed by atoms with Gasteiger partial charge in [0.1, 0.15) is 5.82 Å². The molecule has 1 atom stereocenters. The number of H-pyrrole nitrogens is 1. The van der Waals surface area contributed by atoms with Crippen molar-refractivity contribution in [2.24, 2.45) is 11.3 Å². The van der Waals surface area contributed by atoms with Gasteiger partial charge in [-0.3, -0.25) is 19.7 Å². The third kappa shape index (κ3) is 4.02. The SMILES string of the molecule is O=C1CC2(CCCC2)CC2=C1C(/C=C/c1ccc(Br)cn1)c1c(C(=O)NCC3CC3)n[nH]c1N2. The first-order valence-electron chi connectivity index (χ1n) is 12.2. The van der Waals surface area contributed by atoms with Crippen LogP contribution in [-0.2, 0) is 4.79 Å². The summed E-state index contributed by atoms with van der Waals surface area (Å²) in [6.07, 6.45) is 14.1. The highest BCUT2D eigenvalue weighted by Crippen LogP contribution is 2.53. The third-order valence-corrected chi connectivity index (χ3v) is 8.22. The molecule has 0 radical (unpaired) electrons. The van der Waals surface area contributed by atoms with Crippen molar-refractivity contribution in [3.63, 3.8) is 0 Å². The summed E-state index contributed by atoms with van der Waals surface area (Å²) in [5.41, 5.74) is 3.74. The number of hydrogen-bond acceptors (Lipinski definition) is 5. The maximum atomic E-state index is 13.6. The Hall–Kier alpha value is -2.74. The second-order valence-corrected chi connectivity index (χ2v) is 11.2. The lowest BCUT2D eigenvalue weighted by atomic mass is 9.67. The summed E-state index contributed by atoms with van der Waals surface area (Å²) in [4.78, 5) is 31.1. The summed E-state index contributed by atoms with van der Waals surface area (Å²) in [6, 6.07) is 3.86. The van der Waals surface area contributed by atoms with Crippen LogP contribution in [-0.4, -0.2) is 33.4 Å². The number of pyridine rings is 1. The number of carbonyl (C=O) groups excluding carboxylic acids is 2. The van der Waals surface area contributed by atoms with Gasteiger partial charge >= 0.3 is 0 Å². The smallest absolute Gasteiger partial charge is 0.272 e. The Morgan fingerprint density at radius 1 is 1.24 bits per heavy atom. The lowest BCUT2D eigenvalue weighted by Crippen LogP contribution is -2.35. The van der Waals surface area contributed by atoms with Gasteiger partial charge in [0.25, 0.3) is 5.91 Å². The molecule has 176 valence electrons. The molecule has 4 aliphatic rings. The van der Waals surface area contributed by atoms with Crippen LogP contribution >= 0.6 is 15.9 Å². The number of halogens is 1. The highest BCUT2D eigenvalue weighted by molar-refractivity contribution is 9.10. The zero-order chi connectivity index (χ0) is 23.3. The highest BCUT2D eigenvalue weighted by atomic mass is 79.9. The molecule has 1 aliphatic heterocycles. The number of hydrogen-bond donors (Lipinski definition) is 3. The Morgan fingerprint density at radius 2 is 2.06 bits per heavy atom. The van der Waals surface area contributed by atoms with Gasteiger partial charge in [0.05, 0.1) is 5.69 Å². The van der Waals surface area contributed by atoms with Crippen LogP contribution in [0, 0.1) is 11.3 Å². The van der Waals surface area contributed by atoms with E-state index in [4.69, 9.17) is 0 Å². The number of Topliss-reactive ketones (excluding diaryl/α,β-unsaturated/α-hetero) is 1. The van der Waals surface area contributed by atoms with Crippen molar-refractivity contribution < 1.29 is 9.59 Å². The number of amides is 1. The zero-order valence-corrected chi connectivity index (χ0v) is 20.6. The third-order valence-electron chi connectivity index (χ3n) is 7.75. The number of allylic oxidation sites excluding steroid dienone is 3. The van der Waals surface area contributed by atoms with Gasteiger partial charge in [0, 0.05) is 46.4 Å². The van der Waals surface area contributed by atoms with Gasteiger partial charge in [0.2, 0.25) is 0 Å². The molecular formula is C26H28BrN5O2. The molecular weight excluding hydrogens is 494 g/mol. The summed E-state index contributed by atoms with van der Waals surface area (Å²) in [5.74, 6) is 0.948. The van der Waals surface area contributed by atoms with E-state index in [1.165, 1.54) is 25.7 Å². The van der Waals surface area contributed by atoms with Gasteiger partial charge in [-0.25, -0.2) is 0 Å². The second-order valence-electron chi connectivity index (χ2n) is 10.3. The Bertz CT molecular complexity index is 1200. The molecule has 1 spiro atoms. The zero-order valence-electron chi connectivity index (χ0n) is 19.0. The van der Waals surface area contributed by atoms with Gasteiger partial charge in [-0.2, -0.15) is 5.10 Å². The Kier molecular flexibility index (Phi) is 5.43. The van der Waals surface area contributed by atoms with Crippen LogP contribution < -0.4 is 10.6 Å². The van der Waals surface area contributed by atoms with Crippen LogP contribution in [0.1, 0.15) is 79.0 Å². The average Bonchev–Trinajstić information content (AvgIpc) is 3.40. The van der Waals surface area contributed by atoms with E-state index in [0.717, 1.165) is 52.1 Å². The van der Waals surface area contributed by atoms with Crippen LogP contribution in [0.2, 0.25) is 0 Å². The van der Waals surface area contributed by atoms with E-state index in [9.17, 15) is 9.59 Å². The van der Waals surface area contributed by atoms with E-state index in [1.807, 2.05) is 24.3 Å². The quantitative estimate of drug-likeness (QED) is 0.507. The van der Waals surface area contributed by atoms with E-state index in [-0.39, 0.29) is 23.0 Å². The fourth-order valence-corrected chi connectivity index (χ4v) is 6.06. The lowest BCUT2D eigenvalue weighted by Gasteiger charge is -2.39. The molecule has 8 heteroatoms. The van der Waals surface area contributed by atoms with E-state index in [1.54, 1.807) is 6.20 Å². The minimum absolute atomic E-state index is 0.0758. The number of aromatic amines is 1. The van der Waals surface area contributed by atoms with Gasteiger partial charge < -0.3 is 10.6 Å². The van der Waals surface area contributed by atoms with Crippen molar-refractivity contribution in [3.05, 3.63) is 57.1 Å². The van der Waals surface area contributed by atoms with E-state index in [2.05, 4.69) is 41.7 Å². The predicted molar refractivity (Wildman–Crippen MR) is 133 cm³/mol. The number of nitrogens with zero attached hydrogens (tertiary/aromatic N) is 2. The first-order valence-corrected chi connectivity index (χ1v) is 13.0. The molecule has 3 heterocycles. The Balaban J connectivity index is 1.39. The summed E-state index contributed by atoms with van der Waals surface area (Å²) in [6.45, 7) is 0.673. The van der Waals surface area contributed by atoms with Crippen LogP contribution in [0.15, 0.2) is 40.1 Å². The number of rotatable bonds is 5. The number of aromatic nitrogens is 3. The standard InChI is InChI=1S/C26H28BrN5O2/c27-16-5-6-17(28-14-16)7-8-18-21-19(11-26(12-20(21)33)9-1-2-10-26)30-24-22(18)23(31-32-24)25(34)29-13-15-3-4-15/h5-8,14-15,18H,1-4,9-13H2,(H,29,34)(H2,30,31,32)/b8-7+. The topological polar surface area (TPSA) is 99.8 Å². The van der Waals surface area contributed by atoms with Gasteiger partial charge in [-0.15, -0.1) is 0 Å². The van der Waals surface area contributed by atoms with Crippen LogP contribution in [0.5, 0.6) is 0 Å². The summed E-state index contributed by atoms with van der Waals surface area (Å²) >= 11 is 3.42. The normalized spacial score (nSPS) is 23.2. The van der Waals surface area contributed by atoms with Gasteiger partial charge in [-0.05, 0) is 77.6 Å². The first-order chi connectivity index (χ1) is 16.5. The maximum Gasteiger partial charge on any atom is 0.272 e. The summed E-state index contributed by atoms with van der Waals surface area (Å²) < 4.78 is 0.910. The van der Waals surface area contributed by atoms with Crippen molar-refractivity contribution in [1.29, 1.82) is 0 Å². The molecule has 2 fully saturated rings. The number of ketones is 1. The molecule has 6 rings (SSSR count). The highest BCUT2D eigenvalue weighted by Gasteiger charge is 2.46. The fraction of sp³-hybridized carbons (Fsp3) is 0.462. The molecule has 2 aromatic rings. The van der Waals surface area contributed by atoms with Crippen molar-refractivity contribution in [3.8, 4) is 0 Å². The number of carbonyl (C=O) groups is 2. The first kappa shape index (κ1) is 21.8. The maximum absolute atomic E-state index is 13.6. The average molecular weight is 522 g/mol. The van der Waals surface area contributed by atoms with Gasteiger partial charge in [-0.1, -0.05) is 18.9 Å². The fourth-order valence-electron chi connectivity index (χ4n) is 5.82. The lowest BCUT2D eigenvalue weighted by molar-refractivity contribution is -0.118. The van der Waals surface area contributed by atoms with Crippen molar-refractivity contribution >= 4 is 39.5 Å². The number of anilines is 1. The second kappa shape index (κ2) is 8.48. The van der Waals surface area contributed by atoms with Crippen molar-refractivity contribution in [1.82, 2.24) is 20.5 Å². The van der Waals surface area contributed by atoms with E-state index in [0.29, 0.717) is 24.6 Å². The molecule has 1 unspecified atom stereocenters. The molecule has 1 amide bonds. The van der Waals surface area contributed by atoms with E-state index >= 15 is 0 Å². The monoisotopic (exact) mass is 521 g/mol. The summed E-state index contributed by atoms with van der Waals surface area (Å²) in [7, 11) is 0. The van der Waals surface area contributed by atoms with Crippen LogP contribution in [0.4, 0.5) is 5.82 Å². The minimum atomic E-state index is -0.344. The Labute approximate surface area is 207 Å². The molecule has 2 aromatic heterocycles. The van der Waals surface area contributed by atoms with Crippen molar-refractivity contribution in [2.75, 3.05) is 11.9 Å². The Morgan fingerprint density at radius 3 is 2.79 bits per heavy atom. The molecule has 3 aliphatic carbocycles. The van der Waals surface area contributed by atoms with Crippen LogP contribution in [0.25, 0.3) is 6.08 Å². The molecule has 34 heavy (non-hydrogen) atoms. The molecule has 0 bridgehead atoms. The predicted octanol–water partition coefficient (Wildman–Crippen LogP) is 5.11. The molecule has 0 aromatic carbocycles. The molecule has 7 nitrogen and oxygen atoms in total. The van der Waals surface area contributed by atoms with E-state index < -0.39 is 0 Å². The number of fused-ring (bicyclic) bond motifs is 1. The van der Waals surface area contributed by atoms with Crippen molar-refractivity contribution in [2.45, 2.75) is 57.3 Å². The van der Waals surface area contributed by atoms with Gasteiger partial charge in [0.15, 0.2) is 11.5 Å². The minimum Gasteiger partial charge on any atom is -0.350 e. The summed E-state index contributed by atoms with van der Waals surface area (Å²) in [5, 5.41) is 13.9. The largest absolute Gasteiger partial charge is 0.350 e. The molecule has 2 saturated carbocycles. The number of nitrogens with one attached hydrogen (secondary N) is 3. The molecule has 0 saturated heterocycles. The van der Waals surface area contributed by atoms with Crippen LogP contribution in [0.3, 0.4) is 0 Å². The molecule has 3 N–H and O–H groups in total.